The molecule has 2 aromatic rings. The van der Waals surface area contributed by atoms with Gasteiger partial charge in [-0.05, 0) is 24.3 Å². The summed E-state index contributed by atoms with van der Waals surface area (Å²) < 4.78 is 9.65. The van der Waals surface area contributed by atoms with Crippen LogP contribution in [0.4, 0.5) is 0 Å². The number of aromatic carboxylic acids is 2. The molecule has 0 spiro atoms. The van der Waals surface area contributed by atoms with Crippen molar-refractivity contribution in [1.29, 1.82) is 0 Å². The Hall–Kier alpha value is -2.10. The molecule has 6 nitrogen and oxygen atoms in total. The molecule has 0 aliphatic rings. The predicted molar refractivity (Wildman–Crippen MR) is 79.9 cm³/mol. The second kappa shape index (κ2) is 10.6. The Morgan fingerprint density at radius 2 is 1.04 bits per heavy atom. The van der Waals surface area contributed by atoms with Gasteiger partial charge in [-0.1, -0.05) is 24.3 Å². The van der Waals surface area contributed by atoms with Gasteiger partial charge < -0.3 is 19.7 Å². The van der Waals surface area contributed by atoms with Gasteiger partial charge in [0.05, 0.1) is 14.2 Å². The molecule has 0 heterocycles. The van der Waals surface area contributed by atoms with Crippen LogP contribution in [-0.4, -0.2) is 36.4 Å². The molecule has 2 N–H and O–H groups in total. The van der Waals surface area contributed by atoms with Crippen LogP contribution in [0.1, 0.15) is 20.7 Å². The minimum atomic E-state index is -0.970. The van der Waals surface area contributed by atoms with E-state index >= 15 is 0 Å². The van der Waals surface area contributed by atoms with E-state index in [0.29, 0.717) is 11.5 Å². The van der Waals surface area contributed by atoms with Gasteiger partial charge in [-0.2, -0.15) is 0 Å². The summed E-state index contributed by atoms with van der Waals surface area (Å²) in [6, 6.07) is 13.0. The maximum Gasteiger partial charge on any atom is 0.339 e. The Labute approximate surface area is 153 Å². The molecule has 23 heavy (non-hydrogen) atoms. The molecule has 0 saturated heterocycles. The van der Waals surface area contributed by atoms with Gasteiger partial charge in [-0.3, -0.25) is 0 Å². The molecule has 2 aromatic carbocycles. The summed E-state index contributed by atoms with van der Waals surface area (Å²) in [4.78, 5) is 21.0. The van der Waals surface area contributed by atoms with E-state index in [1.807, 2.05) is 0 Å². The first kappa shape index (κ1) is 20.9. The molecule has 2 rings (SSSR count). The SMILES string of the molecule is COc1ccccc1C(=O)O.COc1ccccc1C(=O)O.[Cd]. The van der Waals surface area contributed by atoms with Gasteiger partial charge in [0.2, 0.25) is 0 Å². The molecule has 7 heteroatoms. The first-order valence-electron chi connectivity index (χ1n) is 6.23. The Kier molecular flexibility index (Phi) is 9.63. The Balaban J connectivity index is 0.000000403. The molecule has 0 saturated carbocycles. The normalized spacial score (nSPS) is 8.78. The van der Waals surface area contributed by atoms with Crippen molar-refractivity contribution in [3.8, 4) is 11.5 Å². The summed E-state index contributed by atoms with van der Waals surface area (Å²) >= 11 is 0. The van der Waals surface area contributed by atoms with Crippen molar-refractivity contribution in [3.63, 3.8) is 0 Å². The smallest absolute Gasteiger partial charge is 0.339 e. The van der Waals surface area contributed by atoms with Gasteiger partial charge in [0.1, 0.15) is 22.6 Å². The minimum absolute atomic E-state index is 0. The van der Waals surface area contributed by atoms with E-state index in [4.69, 9.17) is 19.7 Å². The second-order valence-electron chi connectivity index (χ2n) is 4.01. The number of hydrogen-bond donors (Lipinski definition) is 2. The van der Waals surface area contributed by atoms with Crippen molar-refractivity contribution >= 4 is 11.9 Å². The van der Waals surface area contributed by atoms with Crippen molar-refractivity contribution in [2.45, 2.75) is 0 Å². The number of ether oxygens (including phenoxy) is 2. The summed E-state index contributed by atoms with van der Waals surface area (Å²) in [5.41, 5.74) is 0.380. The third kappa shape index (κ3) is 6.27. The molecule has 0 aliphatic carbocycles. The van der Waals surface area contributed by atoms with Crippen LogP contribution in [0.5, 0.6) is 11.5 Å². The van der Waals surface area contributed by atoms with Crippen molar-refractivity contribution in [1.82, 2.24) is 0 Å². The summed E-state index contributed by atoms with van der Waals surface area (Å²) in [6.45, 7) is 0. The third-order valence-electron chi connectivity index (χ3n) is 2.67. The summed E-state index contributed by atoms with van der Waals surface area (Å²) in [7, 11) is 2.89. The number of hydrogen-bond acceptors (Lipinski definition) is 4. The maximum atomic E-state index is 10.5. The molecule has 0 atom stereocenters. The number of benzene rings is 2. The van der Waals surface area contributed by atoms with Crippen LogP contribution in [0.15, 0.2) is 48.5 Å². The van der Waals surface area contributed by atoms with Crippen LogP contribution < -0.4 is 9.47 Å². The summed E-state index contributed by atoms with van der Waals surface area (Å²) in [6.07, 6.45) is 0. The number of methoxy groups -OCH3 is 2. The number of para-hydroxylation sites is 2. The minimum Gasteiger partial charge on any atom is -0.496 e. The van der Waals surface area contributed by atoms with Crippen molar-refractivity contribution in [2.75, 3.05) is 14.2 Å². The Morgan fingerprint density at radius 1 is 0.739 bits per heavy atom. The van der Waals surface area contributed by atoms with E-state index < -0.39 is 11.9 Å². The van der Waals surface area contributed by atoms with Crippen LogP contribution >= 0.6 is 0 Å². The first-order chi connectivity index (χ1) is 10.5. The van der Waals surface area contributed by atoms with Crippen molar-refractivity contribution in [2.24, 2.45) is 0 Å². The molecule has 0 fully saturated rings. The molecule has 118 valence electrons. The summed E-state index contributed by atoms with van der Waals surface area (Å²) in [5, 5.41) is 17.2. The van der Waals surface area contributed by atoms with E-state index in [1.165, 1.54) is 26.4 Å². The van der Waals surface area contributed by atoms with Crippen molar-refractivity contribution < 1.29 is 56.6 Å². The number of carbonyl (C=O) groups is 2. The van der Waals surface area contributed by atoms with E-state index in [0.717, 1.165) is 0 Å². The summed E-state index contributed by atoms with van der Waals surface area (Å²) in [5.74, 6) is -1.16. The topological polar surface area (TPSA) is 93.1 Å². The molecule has 0 aromatic heterocycles. The molecule has 0 amide bonds. The molecule has 0 radical (unpaired) electrons. The molecule has 0 unspecified atom stereocenters. The van der Waals surface area contributed by atoms with Crippen LogP contribution in [-0.2, 0) is 27.3 Å². The zero-order valence-electron chi connectivity index (χ0n) is 12.9. The largest absolute Gasteiger partial charge is 0.496 e. The van der Waals surface area contributed by atoms with E-state index in [-0.39, 0.29) is 38.4 Å². The van der Waals surface area contributed by atoms with Crippen molar-refractivity contribution in [3.05, 3.63) is 59.7 Å². The molecule has 0 aliphatic heterocycles. The van der Waals surface area contributed by atoms with Gasteiger partial charge in [-0.15, -0.1) is 0 Å². The molecule has 0 bridgehead atoms. The van der Waals surface area contributed by atoms with Gasteiger partial charge in [-0.25, -0.2) is 9.59 Å². The van der Waals surface area contributed by atoms with Crippen LogP contribution in [0.2, 0.25) is 0 Å². The average Bonchev–Trinajstić information content (AvgIpc) is 2.55. The quantitative estimate of drug-likeness (QED) is 0.745. The monoisotopic (exact) mass is 418 g/mol. The van der Waals surface area contributed by atoms with Crippen LogP contribution in [0.3, 0.4) is 0 Å². The van der Waals surface area contributed by atoms with Gasteiger partial charge in [0, 0.05) is 27.3 Å². The number of carboxylic acid groups (broad SMARTS) is 2. The first-order valence-corrected chi connectivity index (χ1v) is 6.23. The molecular formula is C16H16CdO6. The van der Waals surface area contributed by atoms with E-state index in [1.54, 1.807) is 36.4 Å². The van der Waals surface area contributed by atoms with Crippen LogP contribution in [0, 0.1) is 0 Å². The Morgan fingerprint density at radius 3 is 1.26 bits per heavy atom. The zero-order chi connectivity index (χ0) is 16.5. The van der Waals surface area contributed by atoms with Gasteiger partial charge in [0.15, 0.2) is 0 Å². The van der Waals surface area contributed by atoms with Gasteiger partial charge in [0.25, 0.3) is 0 Å². The fourth-order valence-electron chi connectivity index (χ4n) is 1.64. The standard InChI is InChI=1S/2C8H8O3.Cd/c2*1-11-7-5-3-2-4-6(7)8(9)10;/h2*2-5H,1H3,(H,9,10);. The average molecular weight is 417 g/mol. The van der Waals surface area contributed by atoms with E-state index in [2.05, 4.69) is 0 Å². The number of rotatable bonds is 4. The van der Waals surface area contributed by atoms with Gasteiger partial charge >= 0.3 is 11.9 Å². The zero-order valence-corrected chi connectivity index (χ0v) is 16.9. The fraction of sp³-hybridized carbons (Fsp3) is 0.125. The van der Waals surface area contributed by atoms with Crippen LogP contribution in [0.25, 0.3) is 0 Å². The maximum absolute atomic E-state index is 10.5. The molecular weight excluding hydrogens is 401 g/mol. The second-order valence-corrected chi connectivity index (χ2v) is 4.01. The fourth-order valence-corrected chi connectivity index (χ4v) is 1.64. The third-order valence-corrected chi connectivity index (χ3v) is 2.67. The number of carboxylic acids is 2. The van der Waals surface area contributed by atoms with E-state index in [9.17, 15) is 9.59 Å². The Bertz CT molecular complexity index is 599. The predicted octanol–water partition coefficient (Wildman–Crippen LogP) is 2.78.